The number of hydrogen-bond donors (Lipinski definition) is 2. The molecule has 0 radical (unpaired) electrons. The first-order chi connectivity index (χ1) is 9.19. The van der Waals surface area contributed by atoms with E-state index >= 15 is 0 Å². The van der Waals surface area contributed by atoms with Crippen LogP contribution in [0.3, 0.4) is 0 Å². The molecular formula is C14H18N4O. The highest BCUT2D eigenvalue weighted by atomic mass is 16.1. The van der Waals surface area contributed by atoms with Crippen molar-refractivity contribution < 1.29 is 4.79 Å². The Hall–Kier alpha value is -2.14. The third-order valence-corrected chi connectivity index (χ3v) is 2.86. The molecule has 5 heteroatoms. The Kier molecular flexibility index (Phi) is 4.30. The van der Waals surface area contributed by atoms with Crippen molar-refractivity contribution in [3.8, 4) is 0 Å². The number of benzene rings is 1. The maximum Gasteiger partial charge on any atom is 0.251 e. The van der Waals surface area contributed by atoms with Gasteiger partial charge in [0.1, 0.15) is 0 Å². The van der Waals surface area contributed by atoms with E-state index in [-0.39, 0.29) is 5.91 Å². The predicted octanol–water partition coefficient (Wildman–Crippen LogP) is 1.07. The number of hydrogen-bond acceptors (Lipinski definition) is 3. The van der Waals surface area contributed by atoms with E-state index in [2.05, 4.69) is 15.7 Å². The van der Waals surface area contributed by atoms with E-state index in [1.54, 1.807) is 11.7 Å². The first-order valence-corrected chi connectivity index (χ1v) is 6.18. The lowest BCUT2D eigenvalue weighted by Crippen LogP contribution is -2.18. The Bertz CT molecular complexity index is 545. The highest BCUT2D eigenvalue weighted by Gasteiger charge is 2.02. The number of aryl methyl sites for hydroxylation is 1. The van der Waals surface area contributed by atoms with Gasteiger partial charge in [0.15, 0.2) is 0 Å². The van der Waals surface area contributed by atoms with Crippen LogP contribution in [-0.4, -0.2) is 22.7 Å². The van der Waals surface area contributed by atoms with Crippen LogP contribution in [0.5, 0.6) is 0 Å². The van der Waals surface area contributed by atoms with E-state index in [9.17, 15) is 4.79 Å². The zero-order chi connectivity index (χ0) is 13.7. The Labute approximate surface area is 112 Å². The van der Waals surface area contributed by atoms with Gasteiger partial charge in [-0.15, -0.1) is 0 Å². The monoisotopic (exact) mass is 258 g/mol. The Balaban J connectivity index is 1.84. The number of aromatic nitrogens is 2. The number of rotatable bonds is 5. The first kappa shape index (κ1) is 13.3. The summed E-state index contributed by atoms with van der Waals surface area (Å²) in [6, 6.07) is 7.58. The van der Waals surface area contributed by atoms with Crippen LogP contribution >= 0.6 is 0 Å². The lowest BCUT2D eigenvalue weighted by atomic mass is 10.1. The molecule has 0 saturated carbocycles. The molecular weight excluding hydrogens is 240 g/mol. The minimum absolute atomic E-state index is 0.0603. The van der Waals surface area contributed by atoms with Gasteiger partial charge in [-0.05, 0) is 17.7 Å². The smallest absolute Gasteiger partial charge is 0.251 e. The van der Waals surface area contributed by atoms with E-state index in [0.717, 1.165) is 24.2 Å². The van der Waals surface area contributed by atoms with Crippen molar-refractivity contribution in [2.24, 2.45) is 7.05 Å². The van der Waals surface area contributed by atoms with Gasteiger partial charge in [-0.25, -0.2) is 0 Å². The highest BCUT2D eigenvalue weighted by Crippen LogP contribution is 2.05. The van der Waals surface area contributed by atoms with Crippen LogP contribution in [0.1, 0.15) is 21.5 Å². The molecule has 1 aromatic carbocycles. The maximum atomic E-state index is 11.4. The average molecular weight is 258 g/mol. The van der Waals surface area contributed by atoms with Gasteiger partial charge < -0.3 is 10.6 Å². The van der Waals surface area contributed by atoms with Crippen molar-refractivity contribution in [1.82, 2.24) is 20.4 Å². The van der Waals surface area contributed by atoms with Crippen molar-refractivity contribution in [2.45, 2.75) is 13.1 Å². The molecule has 0 aliphatic carbocycles. The van der Waals surface area contributed by atoms with Crippen molar-refractivity contribution in [3.63, 3.8) is 0 Å². The topological polar surface area (TPSA) is 59.0 Å². The van der Waals surface area contributed by atoms with Crippen molar-refractivity contribution in [3.05, 3.63) is 53.3 Å². The van der Waals surface area contributed by atoms with Crippen molar-refractivity contribution in [2.75, 3.05) is 7.05 Å². The molecule has 1 aromatic heterocycles. The molecule has 1 heterocycles. The predicted molar refractivity (Wildman–Crippen MR) is 73.6 cm³/mol. The number of carbonyl (C=O) groups is 1. The fraction of sp³-hybridized carbons (Fsp3) is 0.286. The molecule has 5 nitrogen and oxygen atoms in total. The fourth-order valence-electron chi connectivity index (χ4n) is 1.83. The van der Waals surface area contributed by atoms with Crippen LogP contribution in [0.2, 0.25) is 0 Å². The Morgan fingerprint density at radius 2 is 1.89 bits per heavy atom. The molecule has 0 spiro atoms. The van der Waals surface area contributed by atoms with Gasteiger partial charge in [-0.1, -0.05) is 12.1 Å². The zero-order valence-corrected chi connectivity index (χ0v) is 11.2. The summed E-state index contributed by atoms with van der Waals surface area (Å²) in [7, 11) is 3.53. The largest absolute Gasteiger partial charge is 0.355 e. The molecule has 0 aliphatic heterocycles. The third-order valence-electron chi connectivity index (χ3n) is 2.86. The summed E-state index contributed by atoms with van der Waals surface area (Å²) < 4.78 is 1.79. The Morgan fingerprint density at radius 3 is 2.47 bits per heavy atom. The molecule has 100 valence electrons. The number of amides is 1. The Morgan fingerprint density at radius 1 is 1.21 bits per heavy atom. The lowest BCUT2D eigenvalue weighted by Gasteiger charge is -2.05. The summed E-state index contributed by atoms with van der Waals surface area (Å²) in [4.78, 5) is 11.4. The quantitative estimate of drug-likeness (QED) is 0.843. The molecule has 0 bridgehead atoms. The van der Waals surface area contributed by atoms with Crippen LogP contribution in [0, 0.1) is 0 Å². The van der Waals surface area contributed by atoms with Gasteiger partial charge in [0.25, 0.3) is 5.91 Å². The first-order valence-electron chi connectivity index (χ1n) is 6.18. The van der Waals surface area contributed by atoms with Crippen molar-refractivity contribution >= 4 is 5.91 Å². The number of nitrogens with zero attached hydrogens (tertiary/aromatic N) is 2. The zero-order valence-electron chi connectivity index (χ0n) is 11.2. The normalized spacial score (nSPS) is 10.4. The average Bonchev–Trinajstić information content (AvgIpc) is 2.84. The molecule has 0 unspecified atom stereocenters. The second-order valence-electron chi connectivity index (χ2n) is 4.40. The molecule has 0 atom stereocenters. The molecule has 0 saturated heterocycles. The van der Waals surface area contributed by atoms with E-state index in [1.165, 1.54) is 0 Å². The van der Waals surface area contributed by atoms with E-state index < -0.39 is 0 Å². The van der Waals surface area contributed by atoms with Gasteiger partial charge in [0, 0.05) is 44.5 Å². The maximum absolute atomic E-state index is 11.4. The second-order valence-corrected chi connectivity index (χ2v) is 4.40. The van der Waals surface area contributed by atoms with Gasteiger partial charge >= 0.3 is 0 Å². The minimum Gasteiger partial charge on any atom is -0.355 e. The van der Waals surface area contributed by atoms with Crippen LogP contribution in [0.4, 0.5) is 0 Å². The van der Waals surface area contributed by atoms with Gasteiger partial charge in [0.2, 0.25) is 0 Å². The summed E-state index contributed by atoms with van der Waals surface area (Å²) in [6.07, 6.45) is 3.84. The summed E-state index contributed by atoms with van der Waals surface area (Å²) in [5.74, 6) is -0.0603. The lowest BCUT2D eigenvalue weighted by molar-refractivity contribution is 0.0963. The standard InChI is InChI=1S/C14H18N4O/c1-15-14(19)13-5-3-11(4-6-13)7-16-8-12-9-17-18(2)10-12/h3-6,9-10,16H,7-8H2,1-2H3,(H,15,19). The molecule has 19 heavy (non-hydrogen) atoms. The number of nitrogens with one attached hydrogen (secondary N) is 2. The summed E-state index contributed by atoms with van der Waals surface area (Å²) in [5, 5.41) is 10.1. The third kappa shape index (κ3) is 3.66. The molecule has 0 aliphatic rings. The summed E-state index contributed by atoms with van der Waals surface area (Å²) in [6.45, 7) is 1.55. The second kappa shape index (κ2) is 6.15. The molecule has 0 fully saturated rings. The van der Waals surface area contributed by atoms with Crippen LogP contribution in [0.25, 0.3) is 0 Å². The van der Waals surface area contributed by atoms with Crippen LogP contribution < -0.4 is 10.6 Å². The van der Waals surface area contributed by atoms with Gasteiger partial charge in [0.05, 0.1) is 6.20 Å². The van der Waals surface area contributed by atoms with Gasteiger partial charge in [-0.2, -0.15) is 5.10 Å². The van der Waals surface area contributed by atoms with Gasteiger partial charge in [-0.3, -0.25) is 9.48 Å². The van der Waals surface area contributed by atoms with Crippen LogP contribution in [0.15, 0.2) is 36.7 Å². The summed E-state index contributed by atoms with van der Waals surface area (Å²) in [5.41, 5.74) is 2.99. The molecule has 1 amide bonds. The number of carbonyl (C=O) groups excluding carboxylic acids is 1. The summed E-state index contributed by atoms with van der Waals surface area (Å²) >= 11 is 0. The SMILES string of the molecule is CNC(=O)c1ccc(CNCc2cnn(C)c2)cc1. The van der Waals surface area contributed by atoms with Crippen molar-refractivity contribution in [1.29, 1.82) is 0 Å². The molecule has 2 aromatic rings. The van der Waals surface area contributed by atoms with E-state index in [0.29, 0.717) is 5.56 Å². The van der Waals surface area contributed by atoms with E-state index in [1.807, 2.05) is 43.7 Å². The minimum atomic E-state index is -0.0603. The van der Waals surface area contributed by atoms with E-state index in [4.69, 9.17) is 0 Å². The fourth-order valence-corrected chi connectivity index (χ4v) is 1.83. The molecule has 2 N–H and O–H groups in total. The highest BCUT2D eigenvalue weighted by molar-refractivity contribution is 5.93. The van der Waals surface area contributed by atoms with Crippen LogP contribution in [-0.2, 0) is 20.1 Å². The molecule has 2 rings (SSSR count).